The van der Waals surface area contributed by atoms with Crippen molar-refractivity contribution < 1.29 is 4.79 Å². The third-order valence-electron chi connectivity index (χ3n) is 9.99. The molecule has 0 radical (unpaired) electrons. The van der Waals surface area contributed by atoms with Gasteiger partial charge in [-0.05, 0) is 91.4 Å². The summed E-state index contributed by atoms with van der Waals surface area (Å²) >= 11 is 0. The zero-order valence-corrected chi connectivity index (χ0v) is 18.4. The molecule has 1 heteroatoms. The Balaban J connectivity index is 1.52. The molecule has 0 aromatic rings. The smallest absolute Gasteiger partial charge is 0.155 e. The number of fused-ring (bicyclic) bond motifs is 5. The lowest BCUT2D eigenvalue weighted by molar-refractivity contribution is -0.117. The predicted molar refractivity (Wildman–Crippen MR) is 114 cm³/mol. The maximum absolute atomic E-state index is 12.0. The Kier molecular flexibility index (Phi) is 5.36. The molecule has 4 aliphatic carbocycles. The molecule has 0 bridgehead atoms. The third kappa shape index (κ3) is 3.16. The molecule has 4 aliphatic rings. The van der Waals surface area contributed by atoms with E-state index in [2.05, 4.69) is 33.8 Å². The molecule has 0 amide bonds. The molecule has 152 valence electrons. The zero-order valence-electron chi connectivity index (χ0n) is 18.4. The summed E-state index contributed by atoms with van der Waals surface area (Å²) in [5, 5.41) is 0. The highest BCUT2D eigenvalue weighted by molar-refractivity contribution is 5.91. The van der Waals surface area contributed by atoms with E-state index in [9.17, 15) is 4.79 Å². The van der Waals surface area contributed by atoms with Crippen molar-refractivity contribution in [2.75, 3.05) is 0 Å². The summed E-state index contributed by atoms with van der Waals surface area (Å²) in [7, 11) is 0. The van der Waals surface area contributed by atoms with Crippen LogP contribution in [0.3, 0.4) is 0 Å². The zero-order chi connectivity index (χ0) is 19.2. The van der Waals surface area contributed by atoms with Gasteiger partial charge in [0.1, 0.15) is 0 Å². The summed E-state index contributed by atoms with van der Waals surface area (Å²) in [6, 6.07) is 0. The van der Waals surface area contributed by atoms with E-state index in [0.29, 0.717) is 16.6 Å². The number of carbonyl (C=O) groups excluding carboxylic acids is 1. The lowest BCUT2D eigenvalue weighted by atomic mass is 9.46. The van der Waals surface area contributed by atoms with E-state index in [1.165, 1.54) is 69.8 Å². The summed E-state index contributed by atoms with van der Waals surface area (Å²) < 4.78 is 0. The lowest BCUT2D eigenvalue weighted by Gasteiger charge is -2.58. The minimum atomic E-state index is 0.336. The fourth-order valence-electron chi connectivity index (χ4n) is 8.45. The number of hydrogen-bond donors (Lipinski definition) is 0. The van der Waals surface area contributed by atoms with Crippen molar-refractivity contribution in [2.24, 2.45) is 40.4 Å². The molecule has 0 N–H and O–H groups in total. The Hall–Kier alpha value is -0.590. The molecule has 0 saturated heterocycles. The van der Waals surface area contributed by atoms with E-state index >= 15 is 0 Å². The molecule has 1 nitrogen and oxygen atoms in total. The van der Waals surface area contributed by atoms with Crippen LogP contribution in [0.5, 0.6) is 0 Å². The number of allylic oxidation sites excluding steroid dienone is 1. The highest BCUT2D eigenvalue weighted by Gasteiger charge is 2.59. The first-order valence-electron chi connectivity index (χ1n) is 12.1. The molecular weight excluding hydrogens is 328 g/mol. The molecule has 3 saturated carbocycles. The minimum Gasteiger partial charge on any atom is -0.295 e. The van der Waals surface area contributed by atoms with Crippen molar-refractivity contribution >= 4 is 5.78 Å². The summed E-state index contributed by atoms with van der Waals surface area (Å²) in [5.41, 5.74) is 2.45. The number of unbranched alkanes of at least 4 members (excludes halogenated alkanes) is 2. The molecule has 27 heavy (non-hydrogen) atoms. The van der Waals surface area contributed by atoms with Crippen LogP contribution in [0.2, 0.25) is 0 Å². The van der Waals surface area contributed by atoms with Gasteiger partial charge in [-0.3, -0.25) is 4.79 Å². The lowest BCUT2D eigenvalue weighted by Crippen LogP contribution is -2.50. The quantitative estimate of drug-likeness (QED) is 0.462. The molecular formula is C26H42O. The fourth-order valence-corrected chi connectivity index (χ4v) is 8.45. The van der Waals surface area contributed by atoms with Gasteiger partial charge in [-0.1, -0.05) is 59.0 Å². The fraction of sp³-hybridized carbons (Fsp3) is 0.885. The van der Waals surface area contributed by atoms with Crippen LogP contribution in [0.1, 0.15) is 105 Å². The van der Waals surface area contributed by atoms with Gasteiger partial charge in [-0.25, -0.2) is 0 Å². The first-order valence-corrected chi connectivity index (χ1v) is 12.1. The second kappa shape index (κ2) is 7.34. The van der Waals surface area contributed by atoms with Gasteiger partial charge in [0, 0.05) is 6.42 Å². The normalized spacial score (nSPS) is 44.9. The van der Waals surface area contributed by atoms with Crippen molar-refractivity contribution in [3.05, 3.63) is 11.6 Å². The van der Waals surface area contributed by atoms with Crippen LogP contribution in [0, 0.1) is 40.4 Å². The largest absolute Gasteiger partial charge is 0.295 e. The van der Waals surface area contributed by atoms with Crippen LogP contribution < -0.4 is 0 Å². The highest BCUT2D eigenvalue weighted by atomic mass is 16.1. The first-order chi connectivity index (χ1) is 12.9. The van der Waals surface area contributed by atoms with Crippen LogP contribution >= 0.6 is 0 Å². The van der Waals surface area contributed by atoms with Crippen LogP contribution in [-0.4, -0.2) is 5.78 Å². The summed E-state index contributed by atoms with van der Waals surface area (Å²) in [6.45, 7) is 10.1. The summed E-state index contributed by atoms with van der Waals surface area (Å²) in [5.74, 6) is 4.97. The van der Waals surface area contributed by atoms with Gasteiger partial charge in [0.25, 0.3) is 0 Å². The van der Waals surface area contributed by atoms with E-state index in [1.807, 2.05) is 0 Å². The van der Waals surface area contributed by atoms with Crippen molar-refractivity contribution in [1.29, 1.82) is 0 Å². The van der Waals surface area contributed by atoms with Crippen molar-refractivity contribution in [3.8, 4) is 0 Å². The molecule has 0 aromatic carbocycles. The van der Waals surface area contributed by atoms with Gasteiger partial charge < -0.3 is 0 Å². The monoisotopic (exact) mass is 370 g/mol. The highest BCUT2D eigenvalue weighted by Crippen LogP contribution is 2.67. The van der Waals surface area contributed by atoms with E-state index in [-0.39, 0.29) is 0 Å². The molecule has 0 unspecified atom stereocenters. The molecule has 4 rings (SSSR count). The Morgan fingerprint density at radius 2 is 1.85 bits per heavy atom. The topological polar surface area (TPSA) is 17.1 Å². The number of ketones is 1. The average Bonchev–Trinajstić information content (AvgIpc) is 3.00. The van der Waals surface area contributed by atoms with Gasteiger partial charge in [-0.15, -0.1) is 0 Å². The minimum absolute atomic E-state index is 0.336. The van der Waals surface area contributed by atoms with Gasteiger partial charge in [0.05, 0.1) is 0 Å². The predicted octanol–water partition coefficient (Wildman–Crippen LogP) is 7.35. The third-order valence-corrected chi connectivity index (χ3v) is 9.99. The number of hydrogen-bond acceptors (Lipinski definition) is 1. The van der Waals surface area contributed by atoms with E-state index in [0.717, 1.165) is 42.4 Å². The van der Waals surface area contributed by atoms with Gasteiger partial charge >= 0.3 is 0 Å². The number of carbonyl (C=O) groups is 1. The summed E-state index contributed by atoms with van der Waals surface area (Å²) in [6.07, 6.45) is 18.0. The molecule has 0 aliphatic heterocycles. The molecule has 0 aromatic heterocycles. The maximum Gasteiger partial charge on any atom is 0.155 e. The van der Waals surface area contributed by atoms with Crippen LogP contribution in [0.25, 0.3) is 0 Å². The Morgan fingerprint density at radius 1 is 1.04 bits per heavy atom. The first kappa shape index (κ1) is 19.7. The second-order valence-corrected chi connectivity index (χ2v) is 11.2. The van der Waals surface area contributed by atoms with Crippen molar-refractivity contribution in [1.82, 2.24) is 0 Å². The van der Waals surface area contributed by atoms with Crippen molar-refractivity contribution in [2.45, 2.75) is 105 Å². The van der Waals surface area contributed by atoms with Gasteiger partial charge in [0.15, 0.2) is 5.78 Å². The van der Waals surface area contributed by atoms with Gasteiger partial charge in [0.2, 0.25) is 0 Å². The van der Waals surface area contributed by atoms with Crippen LogP contribution in [-0.2, 0) is 4.79 Å². The Bertz CT molecular complexity index is 603. The van der Waals surface area contributed by atoms with Gasteiger partial charge in [-0.2, -0.15) is 0 Å². The molecule has 3 fully saturated rings. The average molecular weight is 371 g/mol. The molecule has 0 spiro atoms. The second-order valence-electron chi connectivity index (χ2n) is 11.2. The number of rotatable bonds is 5. The Labute approximate surface area is 167 Å². The van der Waals surface area contributed by atoms with E-state index in [4.69, 9.17) is 0 Å². The van der Waals surface area contributed by atoms with E-state index in [1.54, 1.807) is 0 Å². The maximum atomic E-state index is 12.0. The van der Waals surface area contributed by atoms with Crippen LogP contribution in [0.4, 0.5) is 0 Å². The van der Waals surface area contributed by atoms with Crippen molar-refractivity contribution in [3.63, 3.8) is 0 Å². The summed E-state index contributed by atoms with van der Waals surface area (Å²) in [4.78, 5) is 12.0. The SMILES string of the molecule is CCCCC[C@@H](C)[C@H]1CC[C@H]2[C@@H]3CCC4=CC(=O)CC[C@]4(C)[C@H]3CC[C@]12C. The van der Waals surface area contributed by atoms with Crippen LogP contribution in [0.15, 0.2) is 11.6 Å². The Morgan fingerprint density at radius 3 is 2.63 bits per heavy atom. The molecule has 0 heterocycles. The molecule has 7 atom stereocenters. The van der Waals surface area contributed by atoms with E-state index < -0.39 is 0 Å². The standard InChI is InChI=1S/C26H42O/c1-5-6-7-8-18(2)22-11-12-23-21-10-9-19-17-20(27)13-15-25(19,3)24(21)14-16-26(22,23)4/h17-18,21-24H,5-16H2,1-4H3/t18-,21+,22-,23+,24+,25+,26-/m1/s1.